The van der Waals surface area contributed by atoms with Gasteiger partial charge in [-0.3, -0.25) is 4.79 Å². The van der Waals surface area contributed by atoms with Gasteiger partial charge in [0.15, 0.2) is 0 Å². The molecule has 2 rings (SSSR count). The molecule has 1 heterocycles. The first-order valence-electron chi connectivity index (χ1n) is 5.35. The number of ether oxygens (including phenoxy) is 1. The summed E-state index contributed by atoms with van der Waals surface area (Å²) in [4.78, 5) is 19.1. The van der Waals surface area contributed by atoms with E-state index in [9.17, 15) is 4.79 Å². The first-order chi connectivity index (χ1) is 7.23. The maximum absolute atomic E-state index is 11.6. The summed E-state index contributed by atoms with van der Waals surface area (Å²) in [6, 6.07) is 0. The Morgan fingerprint density at radius 3 is 2.93 bits per heavy atom. The van der Waals surface area contributed by atoms with Crippen LogP contribution < -0.4 is 0 Å². The number of hydrogen-bond acceptors (Lipinski definition) is 3. The summed E-state index contributed by atoms with van der Waals surface area (Å²) in [6.45, 7) is 2.12. The number of aromatic nitrogens is 2. The molecule has 1 fully saturated rings. The smallest absolute Gasteiger partial charge is 0.319 e. The third-order valence-electron chi connectivity index (χ3n) is 2.93. The van der Waals surface area contributed by atoms with E-state index < -0.39 is 5.41 Å². The van der Waals surface area contributed by atoms with Gasteiger partial charge >= 0.3 is 5.97 Å². The Hall–Kier alpha value is -1.32. The quantitative estimate of drug-likeness (QED) is 0.764. The topological polar surface area (TPSA) is 55.0 Å². The Morgan fingerprint density at radius 2 is 2.40 bits per heavy atom. The van der Waals surface area contributed by atoms with Crippen molar-refractivity contribution in [2.75, 3.05) is 7.11 Å². The van der Waals surface area contributed by atoms with Crippen molar-refractivity contribution in [1.82, 2.24) is 9.97 Å². The molecule has 1 saturated carbocycles. The van der Waals surface area contributed by atoms with Crippen LogP contribution in [-0.2, 0) is 21.4 Å². The zero-order valence-corrected chi connectivity index (χ0v) is 9.17. The van der Waals surface area contributed by atoms with Crippen molar-refractivity contribution in [2.24, 2.45) is 0 Å². The summed E-state index contributed by atoms with van der Waals surface area (Å²) in [5.41, 5.74) is 0.642. The highest BCUT2D eigenvalue weighted by molar-refractivity contribution is 5.85. The summed E-state index contributed by atoms with van der Waals surface area (Å²) in [5, 5.41) is 0. The van der Waals surface area contributed by atoms with Crippen molar-refractivity contribution in [3.8, 4) is 0 Å². The molecule has 4 heteroatoms. The summed E-state index contributed by atoms with van der Waals surface area (Å²) < 4.78 is 4.80. The zero-order valence-electron chi connectivity index (χ0n) is 9.17. The molecule has 0 unspecified atom stereocenters. The molecule has 0 spiro atoms. The Bertz CT molecular complexity index is 366. The maximum Gasteiger partial charge on any atom is 0.319 e. The van der Waals surface area contributed by atoms with Crippen LogP contribution in [0.3, 0.4) is 0 Å². The van der Waals surface area contributed by atoms with Gasteiger partial charge in [0.1, 0.15) is 11.2 Å². The summed E-state index contributed by atoms with van der Waals surface area (Å²) in [7, 11) is 1.43. The number of carbonyl (C=O) groups is 1. The summed E-state index contributed by atoms with van der Waals surface area (Å²) in [5.74, 6) is 0.609. The molecule has 1 aromatic rings. The maximum atomic E-state index is 11.6. The van der Waals surface area contributed by atoms with Crippen molar-refractivity contribution < 1.29 is 9.53 Å². The molecule has 4 nitrogen and oxygen atoms in total. The minimum Gasteiger partial charge on any atom is -0.468 e. The van der Waals surface area contributed by atoms with Crippen LogP contribution in [0, 0.1) is 0 Å². The second kappa shape index (κ2) is 3.68. The lowest BCUT2D eigenvalue weighted by Crippen LogP contribution is -2.23. The molecular weight excluding hydrogens is 192 g/mol. The van der Waals surface area contributed by atoms with Gasteiger partial charge in [-0.15, -0.1) is 0 Å². The van der Waals surface area contributed by atoms with E-state index in [1.807, 2.05) is 6.20 Å². The number of aromatic amines is 1. The second-order valence-electron chi connectivity index (χ2n) is 4.08. The van der Waals surface area contributed by atoms with Crippen molar-refractivity contribution in [3.63, 3.8) is 0 Å². The Morgan fingerprint density at radius 1 is 1.67 bits per heavy atom. The predicted octanol–water partition coefficient (Wildman–Crippen LogP) is 1.57. The molecule has 0 aliphatic heterocycles. The van der Waals surface area contributed by atoms with Gasteiger partial charge in [0.2, 0.25) is 0 Å². The number of nitrogens with one attached hydrogen (secondary N) is 1. The third-order valence-corrected chi connectivity index (χ3v) is 2.93. The zero-order chi connectivity index (χ0) is 10.9. The highest BCUT2D eigenvalue weighted by atomic mass is 16.5. The number of rotatable bonds is 4. The van der Waals surface area contributed by atoms with Gasteiger partial charge < -0.3 is 9.72 Å². The number of hydrogen-bond donors (Lipinski definition) is 1. The molecular formula is C11H16N2O2. The van der Waals surface area contributed by atoms with E-state index in [-0.39, 0.29) is 5.97 Å². The van der Waals surface area contributed by atoms with Crippen LogP contribution >= 0.6 is 0 Å². The number of esters is 1. The molecule has 0 saturated heterocycles. The van der Waals surface area contributed by atoms with E-state index in [4.69, 9.17) is 4.74 Å². The van der Waals surface area contributed by atoms with Crippen LogP contribution in [0.2, 0.25) is 0 Å². The van der Waals surface area contributed by atoms with E-state index in [1.165, 1.54) is 7.11 Å². The fraction of sp³-hybridized carbons (Fsp3) is 0.636. The largest absolute Gasteiger partial charge is 0.468 e. The Balaban J connectivity index is 2.18. The van der Waals surface area contributed by atoms with E-state index in [0.717, 1.165) is 37.2 Å². The molecule has 82 valence electrons. The lowest BCUT2D eigenvalue weighted by molar-refractivity contribution is -0.143. The predicted molar refractivity (Wildman–Crippen MR) is 55.5 cm³/mol. The van der Waals surface area contributed by atoms with Crippen LogP contribution in [0.4, 0.5) is 0 Å². The highest BCUT2D eigenvalue weighted by Gasteiger charge is 2.55. The van der Waals surface area contributed by atoms with Gasteiger partial charge in [0.25, 0.3) is 0 Å². The standard InChI is InChI=1S/C11H16N2O2/c1-3-4-8-7-12-9(13-8)11(5-6-11)10(14)15-2/h7H,3-6H2,1-2H3,(H,12,13). The van der Waals surface area contributed by atoms with E-state index >= 15 is 0 Å². The minimum absolute atomic E-state index is 0.167. The molecule has 0 amide bonds. The van der Waals surface area contributed by atoms with Crippen LogP contribution in [0.15, 0.2) is 6.20 Å². The van der Waals surface area contributed by atoms with Crippen molar-refractivity contribution in [1.29, 1.82) is 0 Å². The molecule has 15 heavy (non-hydrogen) atoms. The molecule has 1 aliphatic carbocycles. The summed E-state index contributed by atoms with van der Waals surface area (Å²) in [6.07, 6.45) is 5.57. The SMILES string of the molecule is CCCc1cnc(C2(C(=O)OC)CC2)[nH]1. The average molecular weight is 208 g/mol. The normalized spacial score (nSPS) is 17.5. The number of H-pyrrole nitrogens is 1. The van der Waals surface area contributed by atoms with E-state index in [1.54, 1.807) is 0 Å². The minimum atomic E-state index is -0.458. The average Bonchev–Trinajstić information content (AvgIpc) is 2.93. The van der Waals surface area contributed by atoms with Crippen molar-refractivity contribution in [2.45, 2.75) is 38.0 Å². The van der Waals surface area contributed by atoms with Gasteiger partial charge in [-0.1, -0.05) is 13.3 Å². The number of aryl methyl sites for hydroxylation is 1. The molecule has 0 aromatic carbocycles. The first-order valence-corrected chi connectivity index (χ1v) is 5.35. The number of imidazole rings is 1. The first kappa shape index (κ1) is 10.2. The van der Waals surface area contributed by atoms with Gasteiger partial charge in [-0.05, 0) is 19.3 Å². The fourth-order valence-electron chi connectivity index (χ4n) is 1.86. The third kappa shape index (κ3) is 1.64. The van der Waals surface area contributed by atoms with Gasteiger partial charge in [-0.2, -0.15) is 0 Å². The molecule has 0 radical (unpaired) electrons. The highest BCUT2D eigenvalue weighted by Crippen LogP contribution is 2.47. The van der Waals surface area contributed by atoms with Gasteiger partial charge in [-0.25, -0.2) is 4.98 Å². The van der Waals surface area contributed by atoms with Crippen LogP contribution in [0.5, 0.6) is 0 Å². The molecule has 0 bridgehead atoms. The fourth-order valence-corrected chi connectivity index (χ4v) is 1.86. The molecule has 1 aliphatic rings. The molecule has 1 N–H and O–H groups in total. The Labute approximate surface area is 89.0 Å². The lowest BCUT2D eigenvalue weighted by atomic mass is 10.1. The Kier molecular flexibility index (Phi) is 2.50. The van der Waals surface area contributed by atoms with Gasteiger partial charge in [0.05, 0.1) is 7.11 Å². The van der Waals surface area contributed by atoms with E-state index in [2.05, 4.69) is 16.9 Å². The van der Waals surface area contributed by atoms with Crippen LogP contribution in [0.25, 0.3) is 0 Å². The van der Waals surface area contributed by atoms with Crippen LogP contribution in [-0.4, -0.2) is 23.0 Å². The molecule has 0 atom stereocenters. The number of nitrogens with zero attached hydrogens (tertiary/aromatic N) is 1. The lowest BCUT2D eigenvalue weighted by Gasteiger charge is -2.08. The van der Waals surface area contributed by atoms with Crippen molar-refractivity contribution >= 4 is 5.97 Å². The second-order valence-corrected chi connectivity index (χ2v) is 4.08. The molecule has 1 aromatic heterocycles. The monoisotopic (exact) mass is 208 g/mol. The number of carbonyl (C=O) groups excluding carboxylic acids is 1. The van der Waals surface area contributed by atoms with E-state index in [0.29, 0.717) is 0 Å². The van der Waals surface area contributed by atoms with Gasteiger partial charge in [0, 0.05) is 11.9 Å². The van der Waals surface area contributed by atoms with Crippen molar-refractivity contribution in [3.05, 3.63) is 17.7 Å². The number of methoxy groups -OCH3 is 1. The summed E-state index contributed by atoms with van der Waals surface area (Å²) >= 11 is 0. The van der Waals surface area contributed by atoms with Crippen LogP contribution in [0.1, 0.15) is 37.7 Å².